The number of β-amino-alcohol motifs (C(OH)–C–C–N with tert-alkyl or cyclic N) is 1. The number of nitrogens with zero attached hydrogens (tertiary/aromatic N) is 4. The summed E-state index contributed by atoms with van der Waals surface area (Å²) in [5, 5.41) is 18.7. The van der Waals surface area contributed by atoms with Crippen LogP contribution in [0.4, 0.5) is 0 Å². The lowest BCUT2D eigenvalue weighted by atomic mass is 10.2. The summed E-state index contributed by atoms with van der Waals surface area (Å²) >= 11 is 0. The lowest BCUT2D eigenvalue weighted by Gasteiger charge is -2.28. The molecule has 3 rings (SSSR count). The predicted molar refractivity (Wildman–Crippen MR) is 96.7 cm³/mol. The normalized spacial score (nSPS) is 16.3. The van der Waals surface area contributed by atoms with Crippen LogP contribution in [0.1, 0.15) is 0 Å². The zero-order valence-electron chi connectivity index (χ0n) is 15.7. The molecule has 1 aliphatic rings. The first-order valence-corrected chi connectivity index (χ1v) is 8.63. The van der Waals surface area contributed by atoms with Gasteiger partial charge >= 0.3 is 0 Å². The second kappa shape index (κ2) is 8.51. The molecule has 1 N–H and O–H groups in total. The minimum absolute atomic E-state index is 0.0375. The molecule has 1 fully saturated rings. The van der Waals surface area contributed by atoms with Crippen LogP contribution in [0.3, 0.4) is 0 Å². The molecule has 10 nitrogen and oxygen atoms in total. The van der Waals surface area contributed by atoms with Crippen molar-refractivity contribution in [1.82, 2.24) is 19.9 Å². The van der Waals surface area contributed by atoms with Gasteiger partial charge in [-0.3, -0.25) is 9.69 Å². The first-order valence-electron chi connectivity index (χ1n) is 8.63. The Labute approximate surface area is 156 Å². The number of benzene rings is 1. The number of fused-ring (bicyclic) bond motifs is 1. The molecule has 1 unspecified atom stereocenters. The highest BCUT2D eigenvalue weighted by atomic mass is 16.5. The smallest absolute Gasteiger partial charge is 0.277 e. The lowest BCUT2D eigenvalue weighted by Crippen LogP contribution is -2.43. The monoisotopic (exact) mass is 380 g/mol. The molecule has 2 aromatic rings. The molecule has 10 heteroatoms. The van der Waals surface area contributed by atoms with Gasteiger partial charge in [0.05, 0.1) is 52.6 Å². The molecule has 1 aromatic carbocycles. The highest BCUT2D eigenvalue weighted by Crippen LogP contribution is 2.41. The molecule has 0 saturated carbocycles. The standard InChI is InChI=1S/C17H24N4O6/c1-24-13-8-12-14(16(26-3)15(13)25-2)18-19-21(17(12)23)10-11(22)9-20-4-6-27-7-5-20/h8,11,22H,4-7,9-10H2,1-3H3. The van der Waals surface area contributed by atoms with E-state index < -0.39 is 6.10 Å². The van der Waals surface area contributed by atoms with Crippen molar-refractivity contribution in [2.75, 3.05) is 54.2 Å². The fourth-order valence-corrected chi connectivity index (χ4v) is 3.14. The van der Waals surface area contributed by atoms with Crippen molar-refractivity contribution in [1.29, 1.82) is 0 Å². The minimum Gasteiger partial charge on any atom is -0.493 e. The summed E-state index contributed by atoms with van der Waals surface area (Å²) < 4.78 is 22.4. The number of aliphatic hydroxyl groups is 1. The lowest BCUT2D eigenvalue weighted by molar-refractivity contribution is 0.0104. The molecule has 0 radical (unpaired) electrons. The molecular weight excluding hydrogens is 356 g/mol. The second-order valence-corrected chi connectivity index (χ2v) is 6.18. The zero-order valence-corrected chi connectivity index (χ0v) is 15.7. The van der Waals surface area contributed by atoms with Crippen LogP contribution >= 0.6 is 0 Å². The van der Waals surface area contributed by atoms with Gasteiger partial charge < -0.3 is 24.1 Å². The number of rotatable bonds is 7. The third kappa shape index (κ3) is 3.97. The van der Waals surface area contributed by atoms with Crippen LogP contribution in [0.15, 0.2) is 10.9 Å². The van der Waals surface area contributed by atoms with Crippen molar-refractivity contribution in [2.45, 2.75) is 12.6 Å². The van der Waals surface area contributed by atoms with E-state index in [4.69, 9.17) is 18.9 Å². The van der Waals surface area contributed by atoms with Crippen LogP contribution in [0.2, 0.25) is 0 Å². The van der Waals surface area contributed by atoms with E-state index in [1.807, 2.05) is 0 Å². The third-order valence-corrected chi connectivity index (χ3v) is 4.48. The predicted octanol–water partition coefficient (Wildman–Crippen LogP) is -0.490. The highest BCUT2D eigenvalue weighted by molar-refractivity contribution is 5.88. The van der Waals surface area contributed by atoms with E-state index in [0.717, 1.165) is 17.8 Å². The van der Waals surface area contributed by atoms with Crippen molar-refractivity contribution in [2.24, 2.45) is 0 Å². The molecule has 148 valence electrons. The van der Waals surface area contributed by atoms with Gasteiger partial charge in [-0.05, 0) is 6.07 Å². The average Bonchev–Trinajstić information content (AvgIpc) is 2.69. The molecule has 1 aliphatic heterocycles. The Kier molecular flexibility index (Phi) is 6.09. The summed E-state index contributed by atoms with van der Waals surface area (Å²) in [5.41, 5.74) is -0.112. The Morgan fingerprint density at radius 3 is 2.48 bits per heavy atom. The first kappa shape index (κ1) is 19.3. The van der Waals surface area contributed by atoms with E-state index in [1.165, 1.54) is 21.3 Å². The minimum atomic E-state index is -0.755. The molecule has 1 saturated heterocycles. The zero-order chi connectivity index (χ0) is 19.4. The van der Waals surface area contributed by atoms with Gasteiger partial charge in [0.1, 0.15) is 5.52 Å². The second-order valence-electron chi connectivity index (χ2n) is 6.18. The van der Waals surface area contributed by atoms with Crippen molar-refractivity contribution in [3.05, 3.63) is 16.4 Å². The summed E-state index contributed by atoms with van der Waals surface area (Å²) in [6.07, 6.45) is -0.755. The number of morpholine rings is 1. The van der Waals surface area contributed by atoms with E-state index in [9.17, 15) is 9.90 Å². The van der Waals surface area contributed by atoms with Crippen molar-refractivity contribution in [3.8, 4) is 17.2 Å². The molecule has 0 aliphatic carbocycles. The van der Waals surface area contributed by atoms with E-state index >= 15 is 0 Å². The van der Waals surface area contributed by atoms with Crippen LogP contribution in [0.25, 0.3) is 10.9 Å². The molecule has 27 heavy (non-hydrogen) atoms. The Hall–Kier alpha value is -2.43. The summed E-state index contributed by atoms with van der Waals surface area (Å²) in [4.78, 5) is 14.9. The van der Waals surface area contributed by atoms with E-state index in [-0.39, 0.29) is 28.8 Å². The van der Waals surface area contributed by atoms with Crippen LogP contribution < -0.4 is 19.8 Å². The average molecular weight is 380 g/mol. The quantitative estimate of drug-likeness (QED) is 0.681. The number of ether oxygens (including phenoxy) is 4. The third-order valence-electron chi connectivity index (χ3n) is 4.48. The van der Waals surface area contributed by atoms with Gasteiger partial charge in [0.2, 0.25) is 5.75 Å². The van der Waals surface area contributed by atoms with Gasteiger partial charge in [-0.2, -0.15) is 0 Å². The van der Waals surface area contributed by atoms with Gasteiger partial charge in [-0.25, -0.2) is 4.68 Å². The molecule has 0 bridgehead atoms. The van der Waals surface area contributed by atoms with Gasteiger partial charge in [0.15, 0.2) is 11.5 Å². The molecule has 1 atom stereocenters. The number of aromatic nitrogens is 3. The van der Waals surface area contributed by atoms with Gasteiger partial charge in [0.25, 0.3) is 5.56 Å². The number of hydrogen-bond donors (Lipinski definition) is 1. The molecular formula is C17H24N4O6. The number of aliphatic hydroxyl groups excluding tert-OH is 1. The molecule has 2 heterocycles. The Morgan fingerprint density at radius 2 is 1.85 bits per heavy atom. The van der Waals surface area contributed by atoms with Crippen molar-refractivity contribution in [3.63, 3.8) is 0 Å². The Balaban J connectivity index is 1.91. The highest BCUT2D eigenvalue weighted by Gasteiger charge is 2.22. The fraction of sp³-hybridized carbons (Fsp3) is 0.588. The maximum absolute atomic E-state index is 12.9. The maximum Gasteiger partial charge on any atom is 0.277 e. The van der Waals surface area contributed by atoms with E-state index in [0.29, 0.717) is 31.3 Å². The number of methoxy groups -OCH3 is 3. The van der Waals surface area contributed by atoms with E-state index in [2.05, 4.69) is 15.2 Å². The van der Waals surface area contributed by atoms with Crippen LogP contribution in [-0.2, 0) is 11.3 Å². The summed E-state index contributed by atoms with van der Waals surface area (Å²) in [7, 11) is 4.40. The summed E-state index contributed by atoms with van der Waals surface area (Å²) in [6, 6.07) is 1.54. The maximum atomic E-state index is 12.9. The fourth-order valence-electron chi connectivity index (χ4n) is 3.14. The van der Waals surface area contributed by atoms with Crippen molar-refractivity contribution >= 4 is 10.9 Å². The SMILES string of the molecule is COc1cc2c(=O)n(CC(O)CN3CCOCC3)nnc2c(OC)c1OC. The van der Waals surface area contributed by atoms with Crippen molar-refractivity contribution < 1.29 is 24.1 Å². The first-order chi connectivity index (χ1) is 13.1. The van der Waals surface area contributed by atoms with Crippen LogP contribution in [0.5, 0.6) is 17.2 Å². The van der Waals surface area contributed by atoms with E-state index in [1.54, 1.807) is 6.07 Å². The summed E-state index contributed by atoms with van der Waals surface area (Å²) in [6.45, 7) is 3.27. The largest absolute Gasteiger partial charge is 0.493 e. The van der Waals surface area contributed by atoms with Gasteiger partial charge in [-0.1, -0.05) is 5.21 Å². The van der Waals surface area contributed by atoms with Gasteiger partial charge in [-0.15, -0.1) is 5.10 Å². The van der Waals surface area contributed by atoms with Crippen LogP contribution in [0, 0.1) is 0 Å². The van der Waals surface area contributed by atoms with Gasteiger partial charge in [0, 0.05) is 19.6 Å². The van der Waals surface area contributed by atoms with Crippen LogP contribution in [-0.4, -0.2) is 85.3 Å². The Bertz CT molecular complexity index is 849. The molecule has 0 spiro atoms. The molecule has 0 amide bonds. The summed E-state index contributed by atoms with van der Waals surface area (Å²) in [5.74, 6) is 0.969. The Morgan fingerprint density at radius 1 is 1.15 bits per heavy atom. The number of hydrogen-bond acceptors (Lipinski definition) is 9. The topological polar surface area (TPSA) is 108 Å². The molecule has 1 aromatic heterocycles.